The van der Waals surface area contributed by atoms with E-state index in [9.17, 15) is 0 Å². The first kappa shape index (κ1) is 17.0. The van der Waals surface area contributed by atoms with Gasteiger partial charge in [0, 0.05) is 55.6 Å². The molecular weight excluding hydrogens is 346 g/mol. The maximum atomic E-state index is 4.66. The van der Waals surface area contributed by atoms with Crippen LogP contribution in [0.3, 0.4) is 0 Å². The number of piperidine rings is 1. The highest BCUT2D eigenvalue weighted by Gasteiger charge is 2.26. The summed E-state index contributed by atoms with van der Waals surface area (Å²) < 4.78 is 2.22. The number of aromatic nitrogens is 5. The van der Waals surface area contributed by atoms with E-state index in [4.69, 9.17) is 0 Å². The normalized spacial score (nSPS) is 17.5. The minimum atomic E-state index is 0.375. The fourth-order valence-corrected chi connectivity index (χ4v) is 4.05. The number of imidazole rings is 1. The average Bonchev–Trinajstić information content (AvgIpc) is 3.34. The maximum absolute atomic E-state index is 4.66. The molecular formula is C18H23N7S. The summed E-state index contributed by atoms with van der Waals surface area (Å²) in [7, 11) is 1.89. The number of thiazole rings is 1. The molecule has 3 aromatic rings. The van der Waals surface area contributed by atoms with Crippen LogP contribution in [0.25, 0.3) is 0 Å². The smallest absolute Gasteiger partial charge is 0.227 e. The number of nitrogens with zero attached hydrogens (tertiary/aromatic N) is 6. The lowest BCUT2D eigenvalue weighted by molar-refractivity contribution is 0.471. The van der Waals surface area contributed by atoms with Gasteiger partial charge in [-0.05, 0) is 19.8 Å². The molecule has 0 radical (unpaired) electrons. The highest BCUT2D eigenvalue weighted by Crippen LogP contribution is 2.28. The van der Waals surface area contributed by atoms with Crippen molar-refractivity contribution in [2.75, 3.05) is 30.4 Å². The van der Waals surface area contributed by atoms with Crippen LogP contribution in [0.1, 0.15) is 36.0 Å². The van der Waals surface area contributed by atoms with Gasteiger partial charge in [-0.1, -0.05) is 0 Å². The van der Waals surface area contributed by atoms with Crippen LogP contribution in [0, 0.1) is 6.92 Å². The first-order valence-corrected chi connectivity index (χ1v) is 9.83. The summed E-state index contributed by atoms with van der Waals surface area (Å²) in [6, 6.07) is 1.96. The van der Waals surface area contributed by atoms with Crippen LogP contribution in [0.5, 0.6) is 0 Å². The minimum Gasteiger partial charge on any atom is -0.373 e. The molecule has 26 heavy (non-hydrogen) atoms. The van der Waals surface area contributed by atoms with Gasteiger partial charge in [0.1, 0.15) is 11.6 Å². The second kappa shape index (κ2) is 7.41. The van der Waals surface area contributed by atoms with Crippen molar-refractivity contribution in [2.45, 2.75) is 32.2 Å². The van der Waals surface area contributed by atoms with E-state index >= 15 is 0 Å². The minimum absolute atomic E-state index is 0.375. The van der Waals surface area contributed by atoms with Gasteiger partial charge >= 0.3 is 0 Å². The molecule has 1 N–H and O–H groups in total. The Hall–Kier alpha value is -2.48. The zero-order valence-electron chi connectivity index (χ0n) is 15.1. The van der Waals surface area contributed by atoms with Gasteiger partial charge in [-0.3, -0.25) is 0 Å². The molecule has 0 spiro atoms. The predicted molar refractivity (Wildman–Crippen MR) is 104 cm³/mol. The average molecular weight is 369 g/mol. The molecule has 3 aromatic heterocycles. The van der Waals surface area contributed by atoms with E-state index < -0.39 is 0 Å². The number of rotatable bonds is 5. The predicted octanol–water partition coefficient (Wildman–Crippen LogP) is 2.91. The van der Waals surface area contributed by atoms with E-state index in [1.165, 1.54) is 0 Å². The summed E-state index contributed by atoms with van der Waals surface area (Å²) in [6.45, 7) is 4.66. The summed E-state index contributed by atoms with van der Waals surface area (Å²) in [5.74, 6) is 3.17. The second-order valence-corrected chi connectivity index (χ2v) is 7.34. The van der Waals surface area contributed by atoms with E-state index in [0.717, 1.165) is 61.5 Å². The fourth-order valence-electron chi connectivity index (χ4n) is 3.50. The molecule has 0 aromatic carbocycles. The summed E-state index contributed by atoms with van der Waals surface area (Å²) in [4.78, 5) is 20.6. The topological polar surface area (TPSA) is 71.8 Å². The largest absolute Gasteiger partial charge is 0.373 e. The Morgan fingerprint density at radius 1 is 1.31 bits per heavy atom. The highest BCUT2D eigenvalue weighted by atomic mass is 32.1. The number of hydrogen-bond acceptors (Lipinski definition) is 7. The maximum Gasteiger partial charge on any atom is 0.227 e. The first-order chi connectivity index (χ1) is 12.7. The van der Waals surface area contributed by atoms with Crippen molar-refractivity contribution < 1.29 is 0 Å². The molecule has 0 saturated carbocycles. The lowest BCUT2D eigenvalue weighted by Crippen LogP contribution is -2.36. The Labute approximate surface area is 157 Å². The van der Waals surface area contributed by atoms with E-state index in [1.54, 1.807) is 11.3 Å². The third-order valence-electron chi connectivity index (χ3n) is 4.73. The Kier molecular flexibility index (Phi) is 4.83. The molecule has 1 saturated heterocycles. The quantitative estimate of drug-likeness (QED) is 0.746. The molecule has 136 valence electrons. The van der Waals surface area contributed by atoms with Crippen LogP contribution in [-0.4, -0.2) is 44.6 Å². The van der Waals surface area contributed by atoms with Gasteiger partial charge in [-0.15, -0.1) is 11.3 Å². The molecule has 4 heterocycles. The van der Waals surface area contributed by atoms with Crippen LogP contribution in [0.15, 0.2) is 29.4 Å². The molecule has 0 unspecified atom stereocenters. The number of anilines is 2. The monoisotopic (exact) mass is 369 g/mol. The summed E-state index contributed by atoms with van der Waals surface area (Å²) in [6.07, 6.45) is 6.19. The van der Waals surface area contributed by atoms with E-state index in [2.05, 4.69) is 46.3 Å². The molecule has 0 amide bonds. The zero-order chi connectivity index (χ0) is 17.9. The molecule has 1 fully saturated rings. The van der Waals surface area contributed by atoms with Crippen LogP contribution in [0.4, 0.5) is 11.8 Å². The van der Waals surface area contributed by atoms with Crippen molar-refractivity contribution in [3.05, 3.63) is 46.6 Å². The molecule has 7 nitrogen and oxygen atoms in total. The zero-order valence-corrected chi connectivity index (χ0v) is 15.9. The Morgan fingerprint density at radius 2 is 2.23 bits per heavy atom. The van der Waals surface area contributed by atoms with E-state index in [-0.39, 0.29) is 0 Å². The summed E-state index contributed by atoms with van der Waals surface area (Å²) in [5, 5.41) is 5.21. The van der Waals surface area contributed by atoms with Crippen LogP contribution >= 0.6 is 11.3 Å². The Balaban J connectivity index is 1.54. The number of aryl methyl sites for hydroxylation is 1. The summed E-state index contributed by atoms with van der Waals surface area (Å²) >= 11 is 1.63. The van der Waals surface area contributed by atoms with Crippen LogP contribution in [-0.2, 0) is 6.54 Å². The first-order valence-electron chi connectivity index (χ1n) is 8.89. The molecule has 0 bridgehead atoms. The van der Waals surface area contributed by atoms with Crippen molar-refractivity contribution in [1.29, 1.82) is 0 Å². The van der Waals surface area contributed by atoms with Gasteiger partial charge in [0.15, 0.2) is 0 Å². The Morgan fingerprint density at radius 3 is 3.04 bits per heavy atom. The van der Waals surface area contributed by atoms with Gasteiger partial charge in [-0.25, -0.2) is 15.0 Å². The fraction of sp³-hybridized carbons (Fsp3) is 0.444. The standard InChI is InChI=1S/C18H23N7S/c1-13-8-16(19-2)23-18(22-13)25-6-3-4-14(9-25)17-20-5-7-24(17)10-15-11-26-12-21-15/h5,7-8,11-12,14H,3-4,6,9-10H2,1-2H3,(H,19,22,23)/t14-/m0/s1. The SMILES string of the molecule is CNc1cc(C)nc(N2CCC[C@H](c3nccn3Cc3cscn3)C2)n1. The number of nitrogens with one attached hydrogen (secondary N) is 1. The van der Waals surface area contributed by atoms with Gasteiger partial charge in [0.05, 0.1) is 17.7 Å². The molecule has 1 aliphatic rings. The lowest BCUT2D eigenvalue weighted by Gasteiger charge is -2.33. The van der Waals surface area contributed by atoms with Crippen molar-refractivity contribution in [2.24, 2.45) is 0 Å². The van der Waals surface area contributed by atoms with Gasteiger partial charge in [-0.2, -0.15) is 4.98 Å². The van der Waals surface area contributed by atoms with E-state index in [1.807, 2.05) is 31.7 Å². The van der Waals surface area contributed by atoms with Gasteiger partial charge in [0.2, 0.25) is 5.95 Å². The van der Waals surface area contributed by atoms with Gasteiger partial charge < -0.3 is 14.8 Å². The van der Waals surface area contributed by atoms with Crippen molar-refractivity contribution in [3.63, 3.8) is 0 Å². The number of hydrogen-bond donors (Lipinski definition) is 1. The van der Waals surface area contributed by atoms with E-state index in [0.29, 0.717) is 5.92 Å². The third kappa shape index (κ3) is 3.55. The molecule has 4 rings (SSSR count). The van der Waals surface area contributed by atoms with Crippen LogP contribution in [0.2, 0.25) is 0 Å². The Bertz CT molecular complexity index is 858. The highest BCUT2D eigenvalue weighted by molar-refractivity contribution is 7.07. The summed E-state index contributed by atoms with van der Waals surface area (Å²) in [5.41, 5.74) is 3.94. The van der Waals surface area contributed by atoms with Gasteiger partial charge in [0.25, 0.3) is 0 Å². The molecule has 8 heteroatoms. The molecule has 0 aliphatic carbocycles. The van der Waals surface area contributed by atoms with Crippen molar-refractivity contribution >= 4 is 23.1 Å². The second-order valence-electron chi connectivity index (χ2n) is 6.62. The molecule has 1 atom stereocenters. The molecule has 1 aliphatic heterocycles. The lowest BCUT2D eigenvalue weighted by atomic mass is 9.97. The third-order valence-corrected chi connectivity index (χ3v) is 5.37. The van der Waals surface area contributed by atoms with Crippen molar-refractivity contribution in [3.8, 4) is 0 Å². The van der Waals surface area contributed by atoms with Crippen molar-refractivity contribution in [1.82, 2.24) is 24.5 Å². The van der Waals surface area contributed by atoms with Crippen LogP contribution < -0.4 is 10.2 Å².